The number of aryl methyl sites for hydroxylation is 1. The lowest BCUT2D eigenvalue weighted by Gasteiger charge is -2.18. The number of halogens is 3. The Morgan fingerprint density at radius 3 is 2.51 bits per heavy atom. The third kappa shape index (κ3) is 8.10. The highest BCUT2D eigenvalue weighted by Gasteiger charge is 2.32. The van der Waals surface area contributed by atoms with E-state index >= 15 is 0 Å². The summed E-state index contributed by atoms with van der Waals surface area (Å²) in [6.45, 7) is 3.91. The average Bonchev–Trinajstić information content (AvgIpc) is 2.79. The van der Waals surface area contributed by atoms with Crippen molar-refractivity contribution in [2.75, 3.05) is 12.4 Å². The number of aromatic nitrogens is 1. The number of aliphatic carboxylic acids is 1. The van der Waals surface area contributed by atoms with Gasteiger partial charge in [0.25, 0.3) is 5.88 Å². The van der Waals surface area contributed by atoms with Gasteiger partial charge in [0.2, 0.25) is 0 Å². The first-order valence-corrected chi connectivity index (χ1v) is 11.6. The third-order valence-corrected chi connectivity index (χ3v) is 5.88. The van der Waals surface area contributed by atoms with Crippen LogP contribution in [-0.2, 0) is 11.0 Å². The maximum Gasteiger partial charge on any atom is 0.418 e. The summed E-state index contributed by atoms with van der Waals surface area (Å²) in [5, 5.41) is 8.81. The van der Waals surface area contributed by atoms with Gasteiger partial charge in [0.15, 0.2) is 5.75 Å². The van der Waals surface area contributed by atoms with E-state index in [0.717, 1.165) is 16.5 Å². The molecule has 0 aliphatic carbocycles. The van der Waals surface area contributed by atoms with Crippen molar-refractivity contribution in [2.45, 2.75) is 37.4 Å². The molecule has 0 aliphatic heterocycles. The molecule has 0 amide bonds. The van der Waals surface area contributed by atoms with E-state index in [1.54, 1.807) is 49.4 Å². The fraction of sp³-hybridized carbons (Fsp3) is 0.280. The molecule has 1 N–H and O–H groups in total. The van der Waals surface area contributed by atoms with Crippen molar-refractivity contribution in [2.24, 2.45) is 0 Å². The van der Waals surface area contributed by atoms with E-state index in [2.05, 4.69) is 4.98 Å². The summed E-state index contributed by atoms with van der Waals surface area (Å²) in [5.74, 6) is -0.119. The largest absolute Gasteiger partial charge is 0.493 e. The Morgan fingerprint density at radius 2 is 1.86 bits per heavy atom. The Kier molecular flexibility index (Phi) is 8.86. The fourth-order valence-corrected chi connectivity index (χ4v) is 3.70. The Balaban J connectivity index is 1.61. The van der Waals surface area contributed by atoms with Crippen LogP contribution in [0.4, 0.5) is 13.2 Å². The maximum atomic E-state index is 13.2. The lowest BCUT2D eigenvalue weighted by molar-refractivity contribution is -0.138. The zero-order valence-electron chi connectivity index (χ0n) is 19.0. The first kappa shape index (κ1) is 26.2. The number of para-hydroxylation sites is 1. The lowest BCUT2D eigenvalue weighted by atomic mass is 10.2. The van der Waals surface area contributed by atoms with E-state index in [1.165, 1.54) is 11.8 Å². The van der Waals surface area contributed by atoms with Gasteiger partial charge in [-0.2, -0.15) is 13.2 Å². The summed E-state index contributed by atoms with van der Waals surface area (Å²) >= 11 is 1.23. The van der Waals surface area contributed by atoms with Crippen LogP contribution in [-0.4, -0.2) is 34.5 Å². The molecule has 0 aliphatic rings. The van der Waals surface area contributed by atoms with E-state index in [-0.39, 0.29) is 24.0 Å². The van der Waals surface area contributed by atoms with Crippen LogP contribution in [0.1, 0.15) is 24.5 Å². The molecular weight excluding hydrogens is 483 g/mol. The Labute approximate surface area is 205 Å². The van der Waals surface area contributed by atoms with Crippen molar-refractivity contribution in [3.05, 3.63) is 71.9 Å². The minimum Gasteiger partial charge on any atom is -0.493 e. The standard InChI is InChI=1S/C25H24F3NO5S/c1-16-12-20(8-9-22(16)35-15-23(30)31)32-11-10-17(2)33-24-21(34-19-6-4-3-5-7-19)13-18(14-29-24)25(26,27)28/h3-9,12-14,17H,10-11,15H2,1-2H3,(H,30,31). The van der Waals surface area contributed by atoms with Gasteiger partial charge in [-0.05, 0) is 49.7 Å². The van der Waals surface area contributed by atoms with Crippen LogP contribution in [0.25, 0.3) is 0 Å². The fourth-order valence-electron chi connectivity index (χ4n) is 2.97. The lowest BCUT2D eigenvalue weighted by Crippen LogP contribution is -2.17. The maximum absolute atomic E-state index is 13.2. The van der Waals surface area contributed by atoms with Gasteiger partial charge in [-0.15, -0.1) is 11.8 Å². The second-order valence-electron chi connectivity index (χ2n) is 7.62. The number of hydrogen-bond donors (Lipinski definition) is 1. The smallest absolute Gasteiger partial charge is 0.418 e. The molecule has 0 bridgehead atoms. The number of carboxylic acid groups (broad SMARTS) is 1. The SMILES string of the molecule is Cc1cc(OCCC(C)Oc2ncc(C(F)(F)F)cc2Oc2ccccc2)ccc1SCC(=O)O. The zero-order valence-corrected chi connectivity index (χ0v) is 19.9. The number of ether oxygens (including phenoxy) is 3. The molecule has 6 nitrogen and oxygen atoms in total. The van der Waals surface area contributed by atoms with Crippen molar-refractivity contribution >= 4 is 17.7 Å². The molecule has 2 aromatic carbocycles. The second kappa shape index (κ2) is 11.8. The summed E-state index contributed by atoms with van der Waals surface area (Å²) in [6, 6.07) is 14.7. The highest BCUT2D eigenvalue weighted by Crippen LogP contribution is 2.37. The van der Waals surface area contributed by atoms with Gasteiger partial charge in [0.1, 0.15) is 17.6 Å². The van der Waals surface area contributed by atoms with Crippen LogP contribution in [0.5, 0.6) is 23.1 Å². The number of pyridine rings is 1. The second-order valence-corrected chi connectivity index (χ2v) is 8.63. The van der Waals surface area contributed by atoms with Crippen molar-refractivity contribution in [3.63, 3.8) is 0 Å². The minimum absolute atomic E-state index is 0.0240. The number of carboxylic acids is 1. The van der Waals surface area contributed by atoms with Crippen LogP contribution >= 0.6 is 11.8 Å². The molecule has 1 heterocycles. The van der Waals surface area contributed by atoms with Gasteiger partial charge >= 0.3 is 12.1 Å². The molecule has 0 fully saturated rings. The van der Waals surface area contributed by atoms with Crippen LogP contribution in [0.2, 0.25) is 0 Å². The number of hydrogen-bond acceptors (Lipinski definition) is 6. The third-order valence-electron chi connectivity index (χ3n) is 4.72. The van der Waals surface area contributed by atoms with E-state index < -0.39 is 23.8 Å². The van der Waals surface area contributed by atoms with Gasteiger partial charge < -0.3 is 19.3 Å². The Hall–Kier alpha value is -3.40. The molecule has 35 heavy (non-hydrogen) atoms. The molecule has 0 saturated carbocycles. The van der Waals surface area contributed by atoms with E-state index in [0.29, 0.717) is 24.1 Å². The van der Waals surface area contributed by atoms with Crippen molar-refractivity contribution < 1.29 is 37.3 Å². The quantitative estimate of drug-likeness (QED) is 0.293. The predicted octanol–water partition coefficient (Wildman–Crippen LogP) is 6.61. The highest BCUT2D eigenvalue weighted by atomic mass is 32.2. The topological polar surface area (TPSA) is 77.9 Å². The predicted molar refractivity (Wildman–Crippen MR) is 125 cm³/mol. The molecule has 1 atom stereocenters. The van der Waals surface area contributed by atoms with Gasteiger partial charge in [-0.3, -0.25) is 4.79 Å². The number of nitrogens with zero attached hydrogens (tertiary/aromatic N) is 1. The summed E-state index contributed by atoms with van der Waals surface area (Å²) in [4.78, 5) is 15.4. The molecule has 3 rings (SSSR count). The molecule has 186 valence electrons. The monoisotopic (exact) mass is 507 g/mol. The molecule has 0 radical (unpaired) electrons. The van der Waals surface area contributed by atoms with Crippen LogP contribution < -0.4 is 14.2 Å². The summed E-state index contributed by atoms with van der Waals surface area (Å²) in [5.41, 5.74) is -0.0400. The number of alkyl halides is 3. The first-order valence-electron chi connectivity index (χ1n) is 10.7. The number of rotatable bonds is 11. The van der Waals surface area contributed by atoms with Gasteiger partial charge in [-0.1, -0.05) is 18.2 Å². The highest BCUT2D eigenvalue weighted by molar-refractivity contribution is 8.00. The summed E-state index contributed by atoms with van der Waals surface area (Å²) in [7, 11) is 0. The molecule has 1 unspecified atom stereocenters. The number of benzene rings is 2. The number of carbonyl (C=O) groups is 1. The summed E-state index contributed by atoms with van der Waals surface area (Å²) in [6.07, 6.45) is -3.85. The van der Waals surface area contributed by atoms with Gasteiger partial charge in [0, 0.05) is 23.6 Å². The van der Waals surface area contributed by atoms with E-state index in [9.17, 15) is 18.0 Å². The van der Waals surface area contributed by atoms with E-state index in [1.807, 2.05) is 13.0 Å². The number of thioether (sulfide) groups is 1. The van der Waals surface area contributed by atoms with Gasteiger partial charge in [-0.25, -0.2) is 4.98 Å². The van der Waals surface area contributed by atoms with Crippen LogP contribution in [0, 0.1) is 6.92 Å². The summed E-state index contributed by atoms with van der Waals surface area (Å²) < 4.78 is 56.7. The van der Waals surface area contributed by atoms with Crippen LogP contribution in [0.15, 0.2) is 65.7 Å². The minimum atomic E-state index is -4.57. The molecule has 0 saturated heterocycles. The first-order chi connectivity index (χ1) is 16.6. The van der Waals surface area contributed by atoms with Gasteiger partial charge in [0.05, 0.1) is 17.9 Å². The molecule has 1 aromatic heterocycles. The van der Waals surface area contributed by atoms with Crippen molar-refractivity contribution in [1.82, 2.24) is 4.98 Å². The Morgan fingerprint density at radius 1 is 1.11 bits per heavy atom. The molecule has 10 heteroatoms. The Bertz CT molecular complexity index is 1140. The normalized spacial score (nSPS) is 12.1. The zero-order chi connectivity index (χ0) is 25.4. The molecular formula is C25H24F3NO5S. The van der Waals surface area contributed by atoms with Crippen molar-refractivity contribution in [3.8, 4) is 23.1 Å². The van der Waals surface area contributed by atoms with Crippen molar-refractivity contribution in [1.29, 1.82) is 0 Å². The average molecular weight is 508 g/mol. The van der Waals surface area contributed by atoms with E-state index in [4.69, 9.17) is 19.3 Å². The molecule has 3 aromatic rings. The van der Waals surface area contributed by atoms with Crippen LogP contribution in [0.3, 0.4) is 0 Å². The molecule has 0 spiro atoms.